The van der Waals surface area contributed by atoms with Gasteiger partial charge in [0.15, 0.2) is 0 Å². The average Bonchev–Trinajstić information content (AvgIpc) is 3.15. The van der Waals surface area contributed by atoms with E-state index in [9.17, 15) is 4.79 Å². The molecule has 0 bridgehead atoms. The number of rotatable bonds is 5. The van der Waals surface area contributed by atoms with Gasteiger partial charge in [-0.25, -0.2) is 0 Å². The molecule has 1 fully saturated rings. The summed E-state index contributed by atoms with van der Waals surface area (Å²) in [5.74, 6) is 0. The number of carbonyl (C=O) groups is 1. The standard InChI is InChI=1S/C20H23NOS/c1-16(21-14-8-9-15-21)19(17-10-4-2-5-11-17)23-20(22)18-12-6-3-7-13-18/h2-7,10-13,16,19H,8-9,14-15H2,1H3/t16-,19?/m1/s1. The van der Waals surface area contributed by atoms with Crippen LogP contribution in [0.4, 0.5) is 0 Å². The van der Waals surface area contributed by atoms with Crippen LogP contribution in [0, 0.1) is 0 Å². The molecule has 0 amide bonds. The molecule has 0 radical (unpaired) electrons. The van der Waals surface area contributed by atoms with Gasteiger partial charge in [0.25, 0.3) is 0 Å². The van der Waals surface area contributed by atoms with Gasteiger partial charge in [-0.2, -0.15) is 0 Å². The van der Waals surface area contributed by atoms with Crippen molar-refractivity contribution in [2.75, 3.05) is 13.1 Å². The fourth-order valence-electron chi connectivity index (χ4n) is 3.19. The average molecular weight is 325 g/mol. The van der Waals surface area contributed by atoms with Crippen LogP contribution in [-0.2, 0) is 0 Å². The second kappa shape index (κ2) is 7.80. The third-order valence-corrected chi connectivity index (χ3v) is 5.90. The molecule has 1 saturated heterocycles. The molecule has 1 aliphatic heterocycles. The number of benzene rings is 2. The Morgan fingerprint density at radius 3 is 2.13 bits per heavy atom. The van der Waals surface area contributed by atoms with E-state index in [0.717, 1.165) is 18.7 Å². The molecule has 0 N–H and O–H groups in total. The predicted molar refractivity (Wildman–Crippen MR) is 97.8 cm³/mol. The van der Waals surface area contributed by atoms with Crippen LogP contribution in [0.2, 0.25) is 0 Å². The van der Waals surface area contributed by atoms with Gasteiger partial charge >= 0.3 is 0 Å². The number of likely N-dealkylation sites (tertiary alicyclic amines) is 1. The molecule has 2 aromatic rings. The van der Waals surface area contributed by atoms with Gasteiger partial charge in [0.2, 0.25) is 5.12 Å². The van der Waals surface area contributed by atoms with Crippen molar-refractivity contribution in [2.45, 2.75) is 31.1 Å². The molecule has 0 saturated carbocycles. The van der Waals surface area contributed by atoms with Gasteiger partial charge < -0.3 is 0 Å². The second-order valence-electron chi connectivity index (χ2n) is 6.09. The second-order valence-corrected chi connectivity index (χ2v) is 7.20. The Balaban J connectivity index is 1.81. The smallest absolute Gasteiger partial charge is 0.220 e. The molecule has 0 spiro atoms. The lowest BCUT2D eigenvalue weighted by Crippen LogP contribution is -2.34. The van der Waals surface area contributed by atoms with Crippen LogP contribution in [0.3, 0.4) is 0 Å². The van der Waals surface area contributed by atoms with Gasteiger partial charge in [-0.1, -0.05) is 72.4 Å². The first kappa shape index (κ1) is 16.3. The maximum Gasteiger partial charge on any atom is 0.220 e. The van der Waals surface area contributed by atoms with Crippen LogP contribution in [0.25, 0.3) is 0 Å². The van der Waals surface area contributed by atoms with Crippen LogP contribution in [-0.4, -0.2) is 29.1 Å². The van der Waals surface area contributed by atoms with Gasteiger partial charge in [0, 0.05) is 11.6 Å². The molecule has 0 aliphatic carbocycles. The summed E-state index contributed by atoms with van der Waals surface area (Å²) in [6.45, 7) is 4.55. The Morgan fingerprint density at radius 2 is 1.52 bits per heavy atom. The van der Waals surface area contributed by atoms with E-state index in [1.807, 2.05) is 36.4 Å². The first-order valence-electron chi connectivity index (χ1n) is 8.31. The summed E-state index contributed by atoms with van der Waals surface area (Å²) in [5.41, 5.74) is 2.02. The summed E-state index contributed by atoms with van der Waals surface area (Å²) in [4.78, 5) is 15.2. The first-order chi connectivity index (χ1) is 11.3. The van der Waals surface area contributed by atoms with Crippen molar-refractivity contribution in [3.05, 3.63) is 71.8 Å². The zero-order valence-corrected chi connectivity index (χ0v) is 14.3. The summed E-state index contributed by atoms with van der Waals surface area (Å²) in [5, 5.41) is 0.326. The van der Waals surface area contributed by atoms with Crippen molar-refractivity contribution in [1.29, 1.82) is 0 Å². The van der Waals surface area contributed by atoms with Crippen LogP contribution < -0.4 is 0 Å². The topological polar surface area (TPSA) is 20.3 Å². The molecule has 23 heavy (non-hydrogen) atoms. The Hall–Kier alpha value is -1.58. The van der Waals surface area contributed by atoms with Crippen molar-refractivity contribution in [3.63, 3.8) is 0 Å². The van der Waals surface area contributed by atoms with E-state index in [1.165, 1.54) is 30.2 Å². The molecule has 120 valence electrons. The van der Waals surface area contributed by atoms with Crippen molar-refractivity contribution >= 4 is 16.9 Å². The minimum atomic E-state index is 0.158. The molecule has 1 heterocycles. The number of hydrogen-bond donors (Lipinski definition) is 0. The minimum Gasteiger partial charge on any atom is -0.299 e. The molecule has 1 unspecified atom stereocenters. The maximum atomic E-state index is 12.7. The highest BCUT2D eigenvalue weighted by Gasteiger charge is 2.29. The van der Waals surface area contributed by atoms with E-state index in [0.29, 0.717) is 6.04 Å². The zero-order chi connectivity index (χ0) is 16.1. The molecule has 3 rings (SSSR count). The maximum absolute atomic E-state index is 12.7. The van der Waals surface area contributed by atoms with Crippen molar-refractivity contribution in [3.8, 4) is 0 Å². The predicted octanol–water partition coefficient (Wildman–Crippen LogP) is 4.79. The number of nitrogens with zero attached hydrogens (tertiary/aromatic N) is 1. The third-order valence-electron chi connectivity index (χ3n) is 4.53. The lowest BCUT2D eigenvalue weighted by molar-refractivity contribution is 0.108. The van der Waals surface area contributed by atoms with Gasteiger partial charge in [0.05, 0.1) is 5.25 Å². The van der Waals surface area contributed by atoms with Crippen molar-refractivity contribution in [2.24, 2.45) is 0 Å². The van der Waals surface area contributed by atoms with Crippen LogP contribution >= 0.6 is 11.8 Å². The number of hydrogen-bond acceptors (Lipinski definition) is 3. The van der Waals surface area contributed by atoms with Gasteiger partial charge in [-0.05, 0) is 38.4 Å². The fourth-order valence-corrected chi connectivity index (χ4v) is 4.35. The summed E-state index contributed by atoms with van der Waals surface area (Å²) in [6.07, 6.45) is 2.53. The first-order valence-corrected chi connectivity index (χ1v) is 9.18. The van der Waals surface area contributed by atoms with Gasteiger partial charge in [-0.3, -0.25) is 9.69 Å². The van der Waals surface area contributed by atoms with E-state index < -0.39 is 0 Å². The molecule has 1 aliphatic rings. The van der Waals surface area contributed by atoms with E-state index >= 15 is 0 Å². The lowest BCUT2D eigenvalue weighted by Gasteiger charge is -2.31. The van der Waals surface area contributed by atoms with Crippen LogP contribution in [0.15, 0.2) is 60.7 Å². The Bertz CT molecular complexity index is 623. The summed E-state index contributed by atoms with van der Waals surface area (Å²) >= 11 is 1.47. The van der Waals surface area contributed by atoms with E-state index in [4.69, 9.17) is 0 Å². The molecule has 3 heteroatoms. The number of carbonyl (C=O) groups excluding carboxylic acids is 1. The van der Waals surface area contributed by atoms with Crippen LogP contribution in [0.1, 0.15) is 40.9 Å². The third kappa shape index (κ3) is 4.04. The van der Waals surface area contributed by atoms with Gasteiger partial charge in [-0.15, -0.1) is 0 Å². The zero-order valence-electron chi connectivity index (χ0n) is 13.5. The van der Waals surface area contributed by atoms with E-state index in [2.05, 4.69) is 36.1 Å². The van der Waals surface area contributed by atoms with Crippen LogP contribution in [0.5, 0.6) is 0 Å². The summed E-state index contributed by atoms with van der Waals surface area (Å²) in [6, 6.07) is 20.4. The number of thioether (sulfide) groups is 1. The van der Waals surface area contributed by atoms with Crippen molar-refractivity contribution < 1.29 is 4.79 Å². The highest BCUT2D eigenvalue weighted by Crippen LogP contribution is 2.37. The van der Waals surface area contributed by atoms with Crippen molar-refractivity contribution in [1.82, 2.24) is 4.90 Å². The summed E-state index contributed by atoms with van der Waals surface area (Å²) in [7, 11) is 0. The van der Waals surface area contributed by atoms with E-state index in [1.54, 1.807) is 0 Å². The molecule has 2 atom stereocenters. The van der Waals surface area contributed by atoms with Gasteiger partial charge in [0.1, 0.15) is 0 Å². The van der Waals surface area contributed by atoms with E-state index in [-0.39, 0.29) is 10.4 Å². The molecule has 0 aromatic heterocycles. The molecular formula is C20H23NOS. The largest absolute Gasteiger partial charge is 0.299 e. The Morgan fingerprint density at radius 1 is 0.957 bits per heavy atom. The minimum absolute atomic E-state index is 0.158. The molecular weight excluding hydrogens is 302 g/mol. The lowest BCUT2D eigenvalue weighted by atomic mass is 10.1. The monoisotopic (exact) mass is 325 g/mol. The Labute approximate surface area is 142 Å². The highest BCUT2D eigenvalue weighted by atomic mass is 32.2. The quantitative estimate of drug-likeness (QED) is 0.788. The fraction of sp³-hybridized carbons (Fsp3) is 0.350. The SMILES string of the molecule is C[C@H](C(SC(=O)c1ccccc1)c1ccccc1)N1CCCC1. The Kier molecular flexibility index (Phi) is 5.52. The highest BCUT2D eigenvalue weighted by molar-refractivity contribution is 8.14. The molecule has 2 nitrogen and oxygen atoms in total. The normalized spacial score (nSPS) is 17.8. The summed E-state index contributed by atoms with van der Waals surface area (Å²) < 4.78 is 0. The molecule has 2 aromatic carbocycles.